The van der Waals surface area contributed by atoms with Crippen molar-refractivity contribution in [3.8, 4) is 11.3 Å². The van der Waals surface area contributed by atoms with E-state index < -0.39 is 14.6 Å². The van der Waals surface area contributed by atoms with Gasteiger partial charge in [0.15, 0.2) is 9.84 Å². The predicted octanol–water partition coefficient (Wildman–Crippen LogP) is 2.00. The van der Waals surface area contributed by atoms with Crippen LogP contribution in [0, 0.1) is 0 Å². The summed E-state index contributed by atoms with van der Waals surface area (Å²) in [7, 11) is -1.21. The van der Waals surface area contributed by atoms with Crippen molar-refractivity contribution in [1.29, 1.82) is 0 Å². The van der Waals surface area contributed by atoms with Crippen LogP contribution in [-0.2, 0) is 23.4 Å². The Morgan fingerprint density at radius 2 is 1.86 bits per heavy atom. The minimum Gasteiger partial charge on any atom is -0.311 e. The van der Waals surface area contributed by atoms with Gasteiger partial charge in [-0.3, -0.25) is 4.68 Å². The summed E-state index contributed by atoms with van der Waals surface area (Å²) in [5.74, 6) is 0. The van der Waals surface area contributed by atoms with E-state index >= 15 is 0 Å². The van der Waals surface area contributed by atoms with E-state index in [1.807, 2.05) is 43.6 Å². The Kier molecular flexibility index (Phi) is 4.72. The van der Waals surface area contributed by atoms with E-state index in [1.165, 1.54) is 6.26 Å². The van der Waals surface area contributed by atoms with Crippen LogP contribution >= 0.6 is 0 Å². The van der Waals surface area contributed by atoms with Gasteiger partial charge in [0.25, 0.3) is 0 Å². The number of nitrogens with one attached hydrogen (secondary N) is 1. The second kappa shape index (κ2) is 6.22. The van der Waals surface area contributed by atoms with Gasteiger partial charge in [-0.1, -0.05) is 30.3 Å². The molecule has 22 heavy (non-hydrogen) atoms. The fourth-order valence-corrected chi connectivity index (χ4v) is 2.50. The Morgan fingerprint density at radius 3 is 2.45 bits per heavy atom. The third-order valence-electron chi connectivity index (χ3n) is 3.82. The van der Waals surface area contributed by atoms with Gasteiger partial charge in [0.1, 0.15) is 0 Å². The van der Waals surface area contributed by atoms with Gasteiger partial charge in [0, 0.05) is 43.7 Å². The van der Waals surface area contributed by atoms with Crippen molar-refractivity contribution in [2.45, 2.75) is 25.1 Å². The molecule has 0 saturated heterocycles. The fourth-order valence-electron chi connectivity index (χ4n) is 2.14. The van der Waals surface area contributed by atoms with E-state index in [0.29, 0.717) is 13.1 Å². The molecule has 0 amide bonds. The first kappa shape index (κ1) is 16.7. The van der Waals surface area contributed by atoms with Crippen molar-refractivity contribution < 1.29 is 8.42 Å². The van der Waals surface area contributed by atoms with Crippen LogP contribution < -0.4 is 5.32 Å². The monoisotopic (exact) mass is 321 g/mol. The van der Waals surface area contributed by atoms with E-state index in [2.05, 4.69) is 10.4 Å². The lowest BCUT2D eigenvalue weighted by Crippen LogP contribution is -2.41. The first-order valence-electron chi connectivity index (χ1n) is 7.19. The highest BCUT2D eigenvalue weighted by Gasteiger charge is 2.29. The van der Waals surface area contributed by atoms with E-state index in [1.54, 1.807) is 18.5 Å². The maximum atomic E-state index is 11.7. The fraction of sp³-hybridized carbons (Fsp3) is 0.438. The third-order valence-corrected chi connectivity index (χ3v) is 5.97. The molecule has 0 unspecified atom stereocenters. The molecule has 0 fully saturated rings. The lowest BCUT2D eigenvalue weighted by Gasteiger charge is -2.22. The molecule has 1 heterocycles. The van der Waals surface area contributed by atoms with Gasteiger partial charge in [-0.25, -0.2) is 8.42 Å². The summed E-state index contributed by atoms with van der Waals surface area (Å²) >= 11 is 0. The van der Waals surface area contributed by atoms with Crippen LogP contribution in [0.25, 0.3) is 11.3 Å². The van der Waals surface area contributed by atoms with Crippen LogP contribution in [-0.4, -0.2) is 35.7 Å². The lowest BCUT2D eigenvalue weighted by molar-refractivity contribution is 0.521. The second-order valence-electron chi connectivity index (χ2n) is 6.18. The van der Waals surface area contributed by atoms with Crippen molar-refractivity contribution >= 4 is 9.84 Å². The van der Waals surface area contributed by atoms with Gasteiger partial charge in [-0.15, -0.1) is 0 Å². The van der Waals surface area contributed by atoms with Crippen molar-refractivity contribution in [3.05, 3.63) is 42.1 Å². The summed E-state index contributed by atoms with van der Waals surface area (Å²) in [6, 6.07) is 9.97. The third kappa shape index (κ3) is 3.75. The zero-order valence-corrected chi connectivity index (χ0v) is 14.3. The van der Waals surface area contributed by atoms with Crippen LogP contribution in [0.4, 0.5) is 0 Å². The Bertz CT molecular complexity index is 734. The van der Waals surface area contributed by atoms with Crippen LogP contribution in [0.5, 0.6) is 0 Å². The van der Waals surface area contributed by atoms with Crippen molar-refractivity contribution in [3.63, 3.8) is 0 Å². The van der Waals surface area contributed by atoms with Crippen LogP contribution in [0.3, 0.4) is 0 Å². The van der Waals surface area contributed by atoms with Gasteiger partial charge < -0.3 is 5.32 Å². The summed E-state index contributed by atoms with van der Waals surface area (Å²) in [4.78, 5) is 0. The Balaban J connectivity index is 2.12. The van der Waals surface area contributed by atoms with Crippen LogP contribution in [0.2, 0.25) is 0 Å². The quantitative estimate of drug-likeness (QED) is 0.884. The van der Waals surface area contributed by atoms with E-state index in [9.17, 15) is 8.42 Å². The van der Waals surface area contributed by atoms with Gasteiger partial charge in [-0.05, 0) is 13.8 Å². The molecule has 0 bridgehead atoms. The molecule has 0 radical (unpaired) electrons. The lowest BCUT2D eigenvalue weighted by atomic mass is 10.1. The molecule has 1 N–H and O–H groups in total. The van der Waals surface area contributed by atoms with Crippen LogP contribution in [0.15, 0.2) is 36.5 Å². The van der Waals surface area contributed by atoms with Gasteiger partial charge >= 0.3 is 0 Å². The number of sulfone groups is 1. The highest BCUT2D eigenvalue weighted by molar-refractivity contribution is 7.92. The maximum Gasteiger partial charge on any atom is 0.153 e. The zero-order chi connectivity index (χ0) is 16.4. The number of hydrogen-bond acceptors (Lipinski definition) is 4. The Labute approximate surface area is 132 Å². The van der Waals surface area contributed by atoms with Crippen LogP contribution in [0.1, 0.15) is 19.4 Å². The zero-order valence-electron chi connectivity index (χ0n) is 13.5. The summed E-state index contributed by atoms with van der Waals surface area (Å²) in [5, 5.41) is 7.74. The predicted molar refractivity (Wildman–Crippen MR) is 89.3 cm³/mol. The second-order valence-corrected chi connectivity index (χ2v) is 8.83. The van der Waals surface area contributed by atoms with Crippen molar-refractivity contribution in [2.24, 2.45) is 7.05 Å². The average molecular weight is 321 g/mol. The number of aromatic nitrogens is 2. The Morgan fingerprint density at radius 1 is 1.23 bits per heavy atom. The van der Waals surface area contributed by atoms with E-state index in [4.69, 9.17) is 0 Å². The van der Waals surface area contributed by atoms with Crippen molar-refractivity contribution in [1.82, 2.24) is 15.1 Å². The Hall–Kier alpha value is -1.66. The molecule has 1 aromatic heterocycles. The smallest absolute Gasteiger partial charge is 0.153 e. The normalized spacial score (nSPS) is 12.5. The van der Waals surface area contributed by atoms with Gasteiger partial charge in [0.2, 0.25) is 0 Å². The standard InChI is InChI=1S/C16H23N3O2S/c1-16(2,22(4,20)21)12-17-10-14-11-19(3)18-15(14)13-8-6-5-7-9-13/h5-9,11,17H,10,12H2,1-4H3. The minimum absolute atomic E-state index is 0.398. The summed E-state index contributed by atoms with van der Waals surface area (Å²) in [6.07, 6.45) is 3.23. The summed E-state index contributed by atoms with van der Waals surface area (Å²) < 4.78 is 24.5. The first-order chi connectivity index (χ1) is 10.2. The molecule has 0 saturated carbocycles. The molecule has 5 nitrogen and oxygen atoms in total. The molecular formula is C16H23N3O2S. The number of benzene rings is 1. The van der Waals surface area contributed by atoms with Gasteiger partial charge in [-0.2, -0.15) is 5.10 Å². The molecular weight excluding hydrogens is 298 g/mol. The minimum atomic E-state index is -3.10. The molecule has 0 aliphatic heterocycles. The molecule has 2 rings (SSSR count). The highest BCUT2D eigenvalue weighted by atomic mass is 32.2. The largest absolute Gasteiger partial charge is 0.311 e. The number of aryl methyl sites for hydroxylation is 1. The van der Waals surface area contributed by atoms with Crippen molar-refractivity contribution in [2.75, 3.05) is 12.8 Å². The molecule has 2 aromatic rings. The highest BCUT2D eigenvalue weighted by Crippen LogP contribution is 2.21. The molecule has 0 spiro atoms. The molecule has 6 heteroatoms. The molecule has 0 aliphatic carbocycles. The van der Waals surface area contributed by atoms with E-state index in [0.717, 1.165) is 16.8 Å². The number of hydrogen-bond donors (Lipinski definition) is 1. The first-order valence-corrected chi connectivity index (χ1v) is 9.08. The number of nitrogens with zero attached hydrogens (tertiary/aromatic N) is 2. The molecule has 0 aliphatic rings. The average Bonchev–Trinajstić information content (AvgIpc) is 2.79. The molecule has 120 valence electrons. The molecule has 0 atom stereocenters. The summed E-state index contributed by atoms with van der Waals surface area (Å²) in [5.41, 5.74) is 3.04. The number of rotatable bonds is 6. The maximum absolute atomic E-state index is 11.7. The van der Waals surface area contributed by atoms with E-state index in [-0.39, 0.29) is 0 Å². The molecule has 1 aromatic carbocycles. The summed E-state index contributed by atoms with van der Waals surface area (Å²) in [6.45, 7) is 4.44. The van der Waals surface area contributed by atoms with Gasteiger partial charge in [0.05, 0.1) is 10.4 Å². The SMILES string of the molecule is Cn1cc(CNCC(C)(C)S(C)(=O)=O)c(-c2ccccc2)n1. The topological polar surface area (TPSA) is 64.0 Å².